The molecule has 2 nitrogen and oxygen atoms in total. The number of hydrogen-bond donors (Lipinski definition) is 0. The molecule has 0 amide bonds. The number of alkyl halides is 1. The zero-order valence-corrected chi connectivity index (χ0v) is 8.41. The van der Waals surface area contributed by atoms with Gasteiger partial charge in [0, 0.05) is 0 Å². The van der Waals surface area contributed by atoms with Crippen molar-refractivity contribution in [1.82, 2.24) is 0 Å². The molecule has 0 saturated heterocycles. The third kappa shape index (κ3) is 7.69. The summed E-state index contributed by atoms with van der Waals surface area (Å²) in [6.07, 6.45) is 0. The first-order chi connectivity index (χ1) is 2.81. The molecule has 0 saturated carbocycles. The van der Waals surface area contributed by atoms with Gasteiger partial charge in [-0.2, -0.15) is 0 Å². The third-order valence-electron chi connectivity index (χ3n) is 0.195. The quantitative estimate of drug-likeness (QED) is 0.336. The van der Waals surface area contributed by atoms with Crippen LogP contribution < -0.4 is 51.4 Å². The van der Waals surface area contributed by atoms with Gasteiger partial charge in [-0.25, -0.2) is 4.79 Å². The van der Waals surface area contributed by atoms with Gasteiger partial charge in [-0.3, -0.25) is 0 Å². The van der Waals surface area contributed by atoms with Crippen LogP contribution in [0, 0.1) is 0 Å². The maximum absolute atomic E-state index is 9.69. The molecule has 0 radical (unpaired) electrons. The van der Waals surface area contributed by atoms with Crippen LogP contribution in [0.1, 0.15) is 1.43 Å². The van der Waals surface area contributed by atoms with Gasteiger partial charge in [0.25, 0.3) is 0 Å². The van der Waals surface area contributed by atoms with E-state index in [4.69, 9.17) is 11.6 Å². The normalized spacial score (nSPS) is 6.57. The van der Waals surface area contributed by atoms with Crippen molar-refractivity contribution < 1.29 is 61.9 Å². The van der Waals surface area contributed by atoms with E-state index in [0.717, 1.165) is 0 Å². The Bertz CT molecular complexity index is 56.0. The van der Waals surface area contributed by atoms with Gasteiger partial charge in [-0.05, 0) is 0 Å². The van der Waals surface area contributed by atoms with Gasteiger partial charge in [0.05, 0.1) is 0 Å². The van der Waals surface area contributed by atoms with E-state index < -0.39 is 5.97 Å². The van der Waals surface area contributed by atoms with Crippen LogP contribution in [0.25, 0.3) is 0 Å². The van der Waals surface area contributed by atoms with E-state index in [1.54, 1.807) is 0 Å². The molecule has 7 heavy (non-hydrogen) atoms. The van der Waals surface area contributed by atoms with Crippen LogP contribution in [0.2, 0.25) is 0 Å². The molecule has 0 aromatic heterocycles. The first-order valence-corrected chi connectivity index (χ1v) is 2.03. The van der Waals surface area contributed by atoms with E-state index in [2.05, 4.69) is 16.2 Å². The molecule has 0 aliphatic rings. The second-order valence-corrected chi connectivity index (χ2v) is 1.00. The Hall–Kier alpha value is 1.69. The van der Waals surface area contributed by atoms with Gasteiger partial charge in [0.2, 0.25) is 0 Å². The van der Waals surface area contributed by atoms with Gasteiger partial charge in [-0.1, -0.05) is 0 Å². The number of halogens is 2. The Labute approximate surface area is 95.6 Å². The standard InChI is InChI=1S/C2H2Cl2O2.K.H/c3-1-2(5)6-4;;/h1H2;;/q;+1;-1. The summed E-state index contributed by atoms with van der Waals surface area (Å²) < 4.78 is 3.60. The maximum Gasteiger partial charge on any atom is 1.00 e. The monoisotopic (exact) mass is 168 g/mol. The van der Waals surface area contributed by atoms with E-state index in [1.807, 2.05) is 0 Å². The fourth-order valence-corrected chi connectivity index (χ4v) is 0.186. The topological polar surface area (TPSA) is 26.3 Å². The first-order valence-electron chi connectivity index (χ1n) is 1.18. The van der Waals surface area contributed by atoms with Crippen LogP contribution in [0.4, 0.5) is 0 Å². The van der Waals surface area contributed by atoms with Crippen LogP contribution in [0.3, 0.4) is 0 Å². The van der Waals surface area contributed by atoms with Gasteiger partial charge in [-0.15, -0.1) is 11.6 Å². The molecular formula is C2H3Cl2KO2. The van der Waals surface area contributed by atoms with Crippen molar-refractivity contribution in [1.29, 1.82) is 0 Å². The Morgan fingerprint density at radius 1 is 1.86 bits per heavy atom. The summed E-state index contributed by atoms with van der Waals surface area (Å²) in [4.78, 5) is 9.69. The minimum Gasteiger partial charge on any atom is -1.00 e. The van der Waals surface area contributed by atoms with Gasteiger partial charge in [0.15, 0.2) is 0 Å². The number of hydrogen-bond acceptors (Lipinski definition) is 2. The summed E-state index contributed by atoms with van der Waals surface area (Å²) in [5.41, 5.74) is 0. The predicted molar refractivity (Wildman–Crippen MR) is 23.8 cm³/mol. The molecule has 0 N–H and O–H groups in total. The molecule has 38 valence electrons. The van der Waals surface area contributed by atoms with Crippen molar-refractivity contribution in [2.75, 3.05) is 5.88 Å². The second-order valence-electron chi connectivity index (χ2n) is 0.583. The molecule has 0 fully saturated rings. The molecule has 0 aromatic rings. The fraction of sp³-hybridized carbons (Fsp3) is 0.500. The smallest absolute Gasteiger partial charge is 1.00 e. The van der Waals surface area contributed by atoms with Crippen LogP contribution in [0.15, 0.2) is 0 Å². The summed E-state index contributed by atoms with van der Waals surface area (Å²) in [5.74, 6) is -0.818. The number of rotatable bonds is 1. The minimum atomic E-state index is -0.627. The van der Waals surface area contributed by atoms with Crippen molar-refractivity contribution in [2.24, 2.45) is 0 Å². The van der Waals surface area contributed by atoms with E-state index in [9.17, 15) is 4.79 Å². The van der Waals surface area contributed by atoms with Gasteiger partial charge in [0.1, 0.15) is 17.7 Å². The van der Waals surface area contributed by atoms with Crippen molar-refractivity contribution in [3.8, 4) is 0 Å². The van der Waals surface area contributed by atoms with Crippen LogP contribution in [-0.2, 0) is 9.08 Å². The second kappa shape index (κ2) is 7.69. The zero-order chi connectivity index (χ0) is 4.99. The molecule has 0 unspecified atom stereocenters. The average molecular weight is 169 g/mol. The predicted octanol–water partition coefficient (Wildman–Crippen LogP) is -1.96. The molecule has 0 rings (SSSR count). The zero-order valence-electron chi connectivity index (χ0n) is 4.78. The van der Waals surface area contributed by atoms with Crippen LogP contribution >= 0.6 is 23.5 Å². The Kier molecular flexibility index (Phi) is 12.6. The number of carbonyl (C=O) groups excluding carboxylic acids is 1. The summed E-state index contributed by atoms with van der Waals surface area (Å²) in [5, 5.41) is 0. The first kappa shape index (κ1) is 11.5. The Balaban J connectivity index is -0.000000125. The van der Waals surface area contributed by atoms with Gasteiger partial charge >= 0.3 is 57.4 Å². The largest absolute Gasteiger partial charge is 1.00 e. The molecule has 0 heterocycles. The summed E-state index contributed by atoms with van der Waals surface area (Å²) in [7, 11) is 0. The average Bonchev–Trinajstić information content (AvgIpc) is 1.65. The summed E-state index contributed by atoms with van der Waals surface area (Å²) >= 11 is 9.41. The third-order valence-corrected chi connectivity index (χ3v) is 0.585. The molecule has 0 aliphatic heterocycles. The van der Waals surface area contributed by atoms with Crippen molar-refractivity contribution in [3.63, 3.8) is 0 Å². The Morgan fingerprint density at radius 2 is 2.29 bits per heavy atom. The molecule has 0 atom stereocenters. The number of carbonyl (C=O) groups is 1. The van der Waals surface area contributed by atoms with Crippen LogP contribution in [0.5, 0.6) is 0 Å². The SMILES string of the molecule is O=C(CCl)OCl.[H-].[K+]. The van der Waals surface area contributed by atoms with Crippen molar-refractivity contribution in [2.45, 2.75) is 0 Å². The van der Waals surface area contributed by atoms with E-state index in [0.29, 0.717) is 0 Å². The van der Waals surface area contributed by atoms with Gasteiger partial charge < -0.3 is 5.72 Å². The maximum atomic E-state index is 9.69. The summed E-state index contributed by atoms with van der Waals surface area (Å²) in [6.45, 7) is 0. The van der Waals surface area contributed by atoms with E-state index in [-0.39, 0.29) is 58.7 Å². The minimum absolute atomic E-state index is 0. The molecule has 0 bridgehead atoms. The van der Waals surface area contributed by atoms with E-state index >= 15 is 0 Å². The summed E-state index contributed by atoms with van der Waals surface area (Å²) in [6, 6.07) is 0. The van der Waals surface area contributed by atoms with Crippen LogP contribution in [-0.4, -0.2) is 11.8 Å². The van der Waals surface area contributed by atoms with E-state index in [1.165, 1.54) is 0 Å². The molecule has 0 aromatic carbocycles. The molecule has 5 heteroatoms. The van der Waals surface area contributed by atoms with Crippen molar-refractivity contribution >= 4 is 29.4 Å². The fourth-order valence-electron chi connectivity index (χ4n) is 0.0206. The molecular weight excluding hydrogens is 166 g/mol. The molecule has 0 aliphatic carbocycles. The molecule has 0 spiro atoms. The van der Waals surface area contributed by atoms with Crippen molar-refractivity contribution in [3.05, 3.63) is 0 Å². The Morgan fingerprint density at radius 3 is 2.29 bits per heavy atom.